The summed E-state index contributed by atoms with van der Waals surface area (Å²) in [6, 6.07) is 18.0. The summed E-state index contributed by atoms with van der Waals surface area (Å²) in [5.41, 5.74) is 5.40. The first-order valence-electron chi connectivity index (χ1n) is 6.96. The van der Waals surface area contributed by atoms with Gasteiger partial charge in [0.25, 0.3) is 0 Å². The van der Waals surface area contributed by atoms with Crippen LogP contribution in [0.15, 0.2) is 48.5 Å². The van der Waals surface area contributed by atoms with Gasteiger partial charge in [-0.2, -0.15) is 0 Å². The molecule has 2 atom stereocenters. The summed E-state index contributed by atoms with van der Waals surface area (Å²) in [5, 5.41) is 3.68. The smallest absolute Gasteiger partial charge is 0.0300 e. The maximum atomic E-state index is 3.68. The Bertz CT molecular complexity index is 531. The summed E-state index contributed by atoms with van der Waals surface area (Å²) in [7, 11) is 0. The molecule has 0 aromatic heterocycles. The van der Waals surface area contributed by atoms with Gasteiger partial charge in [0.05, 0.1) is 0 Å². The molecule has 1 unspecified atom stereocenters. The van der Waals surface area contributed by atoms with Crippen LogP contribution in [0.3, 0.4) is 0 Å². The number of benzene rings is 2. The molecule has 0 aliphatic rings. The van der Waals surface area contributed by atoms with E-state index in [1.165, 1.54) is 22.3 Å². The second kappa shape index (κ2) is 6.03. The molecule has 0 aliphatic carbocycles. The molecule has 1 nitrogen and oxygen atoms in total. The fourth-order valence-corrected chi connectivity index (χ4v) is 2.53. The first kappa shape index (κ1) is 13.8. The van der Waals surface area contributed by atoms with E-state index in [9.17, 15) is 0 Å². The van der Waals surface area contributed by atoms with E-state index in [2.05, 4.69) is 81.5 Å². The first-order valence-corrected chi connectivity index (χ1v) is 6.96. The summed E-state index contributed by atoms with van der Waals surface area (Å²) in [6.07, 6.45) is 0. The Morgan fingerprint density at radius 1 is 0.842 bits per heavy atom. The van der Waals surface area contributed by atoms with Crippen molar-refractivity contribution in [3.8, 4) is 0 Å². The van der Waals surface area contributed by atoms with Crippen molar-refractivity contribution in [2.75, 3.05) is 0 Å². The van der Waals surface area contributed by atoms with E-state index in [-0.39, 0.29) is 0 Å². The lowest BCUT2D eigenvalue weighted by atomic mass is 9.98. The summed E-state index contributed by atoms with van der Waals surface area (Å²) in [5.74, 6) is 0. The molecule has 100 valence electrons. The molecular weight excluding hydrogens is 230 g/mol. The Balaban J connectivity index is 2.13. The molecule has 0 fully saturated rings. The van der Waals surface area contributed by atoms with E-state index in [4.69, 9.17) is 0 Å². The zero-order valence-electron chi connectivity index (χ0n) is 12.3. The summed E-state index contributed by atoms with van der Waals surface area (Å²) < 4.78 is 0. The zero-order valence-corrected chi connectivity index (χ0v) is 12.3. The second-order valence-corrected chi connectivity index (χ2v) is 5.38. The molecule has 1 N–H and O–H groups in total. The number of nitrogens with one attached hydrogen (secondary N) is 1. The highest BCUT2D eigenvalue weighted by molar-refractivity contribution is 5.33. The Hall–Kier alpha value is -1.60. The third-order valence-corrected chi connectivity index (χ3v) is 3.70. The van der Waals surface area contributed by atoms with Crippen molar-refractivity contribution in [1.29, 1.82) is 0 Å². The molecular formula is C18H23N. The largest absolute Gasteiger partial charge is 0.304 e. The van der Waals surface area contributed by atoms with Crippen molar-refractivity contribution in [2.24, 2.45) is 0 Å². The first-order chi connectivity index (χ1) is 9.08. The van der Waals surface area contributed by atoms with Crippen LogP contribution in [0.2, 0.25) is 0 Å². The molecule has 0 bridgehead atoms. The molecule has 0 saturated heterocycles. The van der Waals surface area contributed by atoms with Crippen LogP contribution in [0, 0.1) is 13.8 Å². The van der Waals surface area contributed by atoms with Crippen LogP contribution in [-0.4, -0.2) is 0 Å². The van der Waals surface area contributed by atoms with E-state index >= 15 is 0 Å². The minimum atomic E-state index is 0.357. The highest BCUT2D eigenvalue weighted by Crippen LogP contribution is 2.22. The maximum Gasteiger partial charge on any atom is 0.0300 e. The molecule has 0 spiro atoms. The normalized spacial score (nSPS) is 14.1. The van der Waals surface area contributed by atoms with Gasteiger partial charge in [-0.05, 0) is 44.4 Å². The standard InChI is InChI=1S/C18H23N/c1-13-10-11-14(2)18(12-13)16(4)19-15(3)17-8-6-5-7-9-17/h5-12,15-16,19H,1-4H3/t15-,16?/m0/s1. The number of hydrogen-bond acceptors (Lipinski definition) is 1. The molecule has 0 amide bonds. The highest BCUT2D eigenvalue weighted by Gasteiger charge is 2.12. The van der Waals surface area contributed by atoms with Crippen LogP contribution >= 0.6 is 0 Å². The van der Waals surface area contributed by atoms with Gasteiger partial charge < -0.3 is 5.32 Å². The molecule has 0 radical (unpaired) electrons. The average molecular weight is 253 g/mol. The van der Waals surface area contributed by atoms with Gasteiger partial charge in [0.2, 0.25) is 0 Å². The number of aryl methyl sites for hydroxylation is 2. The molecule has 0 saturated carbocycles. The van der Waals surface area contributed by atoms with Crippen molar-refractivity contribution in [2.45, 2.75) is 39.8 Å². The van der Waals surface area contributed by atoms with E-state index in [1.54, 1.807) is 0 Å². The fraction of sp³-hybridized carbons (Fsp3) is 0.333. The van der Waals surface area contributed by atoms with Gasteiger partial charge in [-0.25, -0.2) is 0 Å². The summed E-state index contributed by atoms with van der Waals surface area (Å²) >= 11 is 0. The monoisotopic (exact) mass is 253 g/mol. The van der Waals surface area contributed by atoms with Crippen molar-refractivity contribution >= 4 is 0 Å². The van der Waals surface area contributed by atoms with Gasteiger partial charge in [0.15, 0.2) is 0 Å². The quantitative estimate of drug-likeness (QED) is 0.831. The Morgan fingerprint density at radius 3 is 2.21 bits per heavy atom. The SMILES string of the molecule is Cc1ccc(C)c(C(C)N[C@@H](C)c2ccccc2)c1. The Kier molecular flexibility index (Phi) is 4.39. The lowest BCUT2D eigenvalue weighted by Crippen LogP contribution is -2.23. The molecule has 19 heavy (non-hydrogen) atoms. The van der Waals surface area contributed by atoms with Crippen molar-refractivity contribution in [1.82, 2.24) is 5.32 Å². The van der Waals surface area contributed by atoms with Gasteiger partial charge in [-0.3, -0.25) is 0 Å². The van der Waals surface area contributed by atoms with Crippen LogP contribution in [0.25, 0.3) is 0 Å². The summed E-state index contributed by atoms with van der Waals surface area (Å²) in [4.78, 5) is 0. The van der Waals surface area contributed by atoms with E-state index in [1.807, 2.05) is 0 Å². The molecule has 0 aliphatic heterocycles. The lowest BCUT2D eigenvalue weighted by Gasteiger charge is -2.22. The van der Waals surface area contributed by atoms with Crippen LogP contribution < -0.4 is 5.32 Å². The van der Waals surface area contributed by atoms with E-state index in [0.29, 0.717) is 12.1 Å². The molecule has 1 heteroatoms. The van der Waals surface area contributed by atoms with Crippen molar-refractivity contribution in [3.05, 3.63) is 70.8 Å². The summed E-state index contributed by atoms with van der Waals surface area (Å²) in [6.45, 7) is 8.79. The van der Waals surface area contributed by atoms with E-state index in [0.717, 1.165) is 0 Å². The zero-order chi connectivity index (χ0) is 13.8. The predicted octanol–water partition coefficient (Wildman–Crippen LogP) is 4.72. The lowest BCUT2D eigenvalue weighted by molar-refractivity contribution is 0.493. The number of hydrogen-bond donors (Lipinski definition) is 1. The van der Waals surface area contributed by atoms with Gasteiger partial charge in [-0.1, -0.05) is 54.1 Å². The minimum Gasteiger partial charge on any atom is -0.304 e. The van der Waals surface area contributed by atoms with Crippen LogP contribution in [0.4, 0.5) is 0 Å². The third kappa shape index (κ3) is 3.45. The van der Waals surface area contributed by atoms with Crippen LogP contribution in [-0.2, 0) is 0 Å². The third-order valence-electron chi connectivity index (χ3n) is 3.70. The van der Waals surface area contributed by atoms with E-state index < -0.39 is 0 Å². The highest BCUT2D eigenvalue weighted by atomic mass is 14.9. The molecule has 0 heterocycles. The second-order valence-electron chi connectivity index (χ2n) is 5.38. The van der Waals surface area contributed by atoms with Crippen molar-refractivity contribution < 1.29 is 0 Å². The Morgan fingerprint density at radius 2 is 1.53 bits per heavy atom. The van der Waals surface area contributed by atoms with Gasteiger partial charge in [0.1, 0.15) is 0 Å². The van der Waals surface area contributed by atoms with Crippen LogP contribution in [0.5, 0.6) is 0 Å². The Labute approximate surface area is 116 Å². The predicted molar refractivity (Wildman–Crippen MR) is 82.3 cm³/mol. The average Bonchev–Trinajstić information content (AvgIpc) is 2.42. The molecule has 2 rings (SSSR count). The van der Waals surface area contributed by atoms with Crippen LogP contribution in [0.1, 0.15) is 48.2 Å². The van der Waals surface area contributed by atoms with Gasteiger partial charge in [-0.15, -0.1) is 0 Å². The van der Waals surface area contributed by atoms with Gasteiger partial charge in [0, 0.05) is 12.1 Å². The van der Waals surface area contributed by atoms with Gasteiger partial charge >= 0.3 is 0 Å². The maximum absolute atomic E-state index is 3.68. The minimum absolute atomic E-state index is 0.357. The molecule has 2 aromatic carbocycles. The fourth-order valence-electron chi connectivity index (χ4n) is 2.53. The molecule has 2 aromatic rings. The van der Waals surface area contributed by atoms with Crippen molar-refractivity contribution in [3.63, 3.8) is 0 Å². The number of rotatable bonds is 4. The topological polar surface area (TPSA) is 12.0 Å².